The minimum absolute atomic E-state index is 0.866. The van der Waals surface area contributed by atoms with Gasteiger partial charge in [-0.05, 0) is 50.6 Å². The molecule has 96 valence electrons. The van der Waals surface area contributed by atoms with Crippen LogP contribution >= 0.6 is 11.6 Å². The predicted molar refractivity (Wildman–Crippen MR) is 77.2 cm³/mol. The van der Waals surface area contributed by atoms with E-state index in [1.54, 1.807) is 0 Å². The number of likely N-dealkylation sites (tertiary alicyclic amines) is 1. The number of fused-ring (bicyclic) bond motifs is 1. The Kier molecular flexibility index (Phi) is 3.31. The van der Waals surface area contributed by atoms with Gasteiger partial charge in [0.15, 0.2) is 0 Å². The summed E-state index contributed by atoms with van der Waals surface area (Å²) in [5, 5.41) is 2.02. The number of H-pyrrole nitrogens is 1. The summed E-state index contributed by atoms with van der Waals surface area (Å²) in [5.41, 5.74) is 3.56. The van der Waals surface area contributed by atoms with Crippen molar-refractivity contribution >= 4 is 22.5 Å². The molecule has 0 aliphatic carbocycles. The molecule has 1 saturated heterocycles. The first-order valence-electron chi connectivity index (χ1n) is 6.73. The molecule has 2 nitrogen and oxygen atoms in total. The molecule has 0 spiro atoms. The number of halogens is 1. The zero-order valence-corrected chi connectivity index (χ0v) is 11.6. The molecule has 1 aromatic heterocycles. The number of piperidine rings is 1. The standard InChI is InChI=1S/C15H19ClN2/c1-11-15(16)13-9-12(5-6-14(13)17-11)10-18-7-3-2-4-8-18/h5-6,9,17H,2-4,7-8,10H2,1H3. The summed E-state index contributed by atoms with van der Waals surface area (Å²) in [6.07, 6.45) is 4.07. The fourth-order valence-corrected chi connectivity index (χ4v) is 3.02. The molecule has 0 unspecified atom stereocenters. The molecule has 3 heteroatoms. The number of hydrogen-bond donors (Lipinski definition) is 1. The van der Waals surface area contributed by atoms with Crippen LogP contribution in [0.5, 0.6) is 0 Å². The Morgan fingerprint density at radius 2 is 2.00 bits per heavy atom. The van der Waals surface area contributed by atoms with Gasteiger partial charge in [-0.2, -0.15) is 0 Å². The van der Waals surface area contributed by atoms with Gasteiger partial charge in [0.1, 0.15) is 0 Å². The minimum Gasteiger partial charge on any atom is -0.357 e. The third kappa shape index (κ3) is 2.27. The van der Waals surface area contributed by atoms with Crippen molar-refractivity contribution in [2.45, 2.75) is 32.7 Å². The van der Waals surface area contributed by atoms with Gasteiger partial charge in [-0.1, -0.05) is 24.1 Å². The van der Waals surface area contributed by atoms with Crippen molar-refractivity contribution in [3.8, 4) is 0 Å². The largest absolute Gasteiger partial charge is 0.357 e. The van der Waals surface area contributed by atoms with E-state index in [1.807, 2.05) is 6.92 Å². The van der Waals surface area contributed by atoms with Gasteiger partial charge in [-0.25, -0.2) is 0 Å². The van der Waals surface area contributed by atoms with Gasteiger partial charge >= 0.3 is 0 Å². The van der Waals surface area contributed by atoms with Crippen molar-refractivity contribution in [2.24, 2.45) is 0 Å². The third-order valence-corrected chi connectivity index (χ3v) is 4.31. The first-order valence-corrected chi connectivity index (χ1v) is 7.11. The summed E-state index contributed by atoms with van der Waals surface area (Å²) in [6, 6.07) is 6.59. The van der Waals surface area contributed by atoms with Crippen molar-refractivity contribution < 1.29 is 0 Å². The summed E-state index contributed by atoms with van der Waals surface area (Å²) in [7, 11) is 0. The van der Waals surface area contributed by atoms with Gasteiger partial charge in [0.25, 0.3) is 0 Å². The van der Waals surface area contributed by atoms with Crippen molar-refractivity contribution in [1.29, 1.82) is 0 Å². The van der Waals surface area contributed by atoms with E-state index in [1.165, 1.54) is 37.9 Å². The molecule has 0 radical (unpaired) electrons. The number of nitrogens with zero attached hydrogens (tertiary/aromatic N) is 1. The van der Waals surface area contributed by atoms with E-state index < -0.39 is 0 Å². The lowest BCUT2D eigenvalue weighted by Crippen LogP contribution is -2.29. The fourth-order valence-electron chi connectivity index (χ4n) is 2.81. The first-order chi connectivity index (χ1) is 8.74. The molecule has 0 bridgehead atoms. The highest BCUT2D eigenvalue weighted by molar-refractivity contribution is 6.36. The van der Waals surface area contributed by atoms with E-state index in [2.05, 4.69) is 28.1 Å². The lowest BCUT2D eigenvalue weighted by atomic mass is 10.1. The van der Waals surface area contributed by atoms with Gasteiger partial charge in [0, 0.05) is 23.1 Å². The second-order valence-electron chi connectivity index (χ2n) is 5.28. The maximum atomic E-state index is 6.31. The van der Waals surface area contributed by atoms with Crippen LogP contribution in [0.3, 0.4) is 0 Å². The third-order valence-electron chi connectivity index (χ3n) is 3.83. The van der Waals surface area contributed by atoms with Crippen LogP contribution in [0.25, 0.3) is 10.9 Å². The van der Waals surface area contributed by atoms with Crippen molar-refractivity contribution in [2.75, 3.05) is 13.1 Å². The van der Waals surface area contributed by atoms with E-state index in [-0.39, 0.29) is 0 Å². The van der Waals surface area contributed by atoms with Crippen LogP contribution in [0.1, 0.15) is 30.5 Å². The molecule has 18 heavy (non-hydrogen) atoms. The summed E-state index contributed by atoms with van der Waals surface area (Å²) in [5.74, 6) is 0. The second kappa shape index (κ2) is 4.94. The first kappa shape index (κ1) is 12.1. The van der Waals surface area contributed by atoms with Crippen LogP contribution in [0.4, 0.5) is 0 Å². The molecule has 2 heterocycles. The van der Waals surface area contributed by atoms with Crippen molar-refractivity contribution in [3.05, 3.63) is 34.5 Å². The van der Waals surface area contributed by atoms with Crippen molar-refractivity contribution in [1.82, 2.24) is 9.88 Å². The monoisotopic (exact) mass is 262 g/mol. The van der Waals surface area contributed by atoms with Crippen LogP contribution in [0.2, 0.25) is 5.02 Å². The maximum absolute atomic E-state index is 6.31. The van der Waals surface area contributed by atoms with E-state index in [9.17, 15) is 0 Å². The molecule has 1 fully saturated rings. The fraction of sp³-hybridized carbons (Fsp3) is 0.467. The van der Waals surface area contributed by atoms with E-state index in [4.69, 9.17) is 11.6 Å². The van der Waals surface area contributed by atoms with Crippen LogP contribution in [0.15, 0.2) is 18.2 Å². The van der Waals surface area contributed by atoms with Gasteiger partial charge in [0.2, 0.25) is 0 Å². The number of nitrogens with one attached hydrogen (secondary N) is 1. The van der Waals surface area contributed by atoms with Gasteiger partial charge in [-0.15, -0.1) is 0 Å². The highest BCUT2D eigenvalue weighted by Gasteiger charge is 2.12. The van der Waals surface area contributed by atoms with Crippen molar-refractivity contribution in [3.63, 3.8) is 0 Å². The molecular formula is C15H19ClN2. The Morgan fingerprint density at radius 1 is 1.22 bits per heavy atom. The summed E-state index contributed by atoms with van der Waals surface area (Å²) in [6.45, 7) is 5.54. The highest BCUT2D eigenvalue weighted by Crippen LogP contribution is 2.28. The Morgan fingerprint density at radius 3 is 2.78 bits per heavy atom. The minimum atomic E-state index is 0.866. The molecule has 0 amide bonds. The Hall–Kier alpha value is -0.990. The van der Waals surface area contributed by atoms with Crippen LogP contribution in [-0.2, 0) is 6.54 Å². The number of aryl methyl sites for hydroxylation is 1. The van der Waals surface area contributed by atoms with Gasteiger partial charge in [0.05, 0.1) is 5.02 Å². The van der Waals surface area contributed by atoms with Gasteiger partial charge < -0.3 is 4.98 Å². The summed E-state index contributed by atoms with van der Waals surface area (Å²) in [4.78, 5) is 5.85. The zero-order valence-electron chi connectivity index (χ0n) is 10.8. The lowest BCUT2D eigenvalue weighted by Gasteiger charge is -2.26. The van der Waals surface area contributed by atoms with Crippen LogP contribution in [-0.4, -0.2) is 23.0 Å². The van der Waals surface area contributed by atoms with E-state index in [0.717, 1.165) is 28.2 Å². The Balaban J connectivity index is 1.85. The topological polar surface area (TPSA) is 19.0 Å². The highest BCUT2D eigenvalue weighted by atomic mass is 35.5. The molecule has 0 atom stereocenters. The molecule has 1 aliphatic rings. The zero-order chi connectivity index (χ0) is 12.5. The molecule has 1 aromatic carbocycles. The van der Waals surface area contributed by atoms with Crippen LogP contribution < -0.4 is 0 Å². The number of aromatic nitrogens is 1. The van der Waals surface area contributed by atoms with Gasteiger partial charge in [-0.3, -0.25) is 4.90 Å². The number of hydrogen-bond acceptors (Lipinski definition) is 1. The lowest BCUT2D eigenvalue weighted by molar-refractivity contribution is 0.221. The Bertz CT molecular complexity index is 553. The normalized spacial score (nSPS) is 17.4. The molecular weight excluding hydrogens is 244 g/mol. The quantitative estimate of drug-likeness (QED) is 0.863. The predicted octanol–water partition coefficient (Wildman–Crippen LogP) is 4.12. The average molecular weight is 263 g/mol. The Labute approximate surface area is 113 Å². The summed E-state index contributed by atoms with van der Waals surface area (Å²) < 4.78 is 0. The number of rotatable bonds is 2. The molecule has 1 aliphatic heterocycles. The number of aromatic amines is 1. The molecule has 0 saturated carbocycles. The molecule has 1 N–H and O–H groups in total. The van der Waals surface area contributed by atoms with E-state index >= 15 is 0 Å². The second-order valence-corrected chi connectivity index (χ2v) is 5.66. The SMILES string of the molecule is Cc1[nH]c2ccc(CN3CCCCC3)cc2c1Cl. The van der Waals surface area contributed by atoms with Crippen LogP contribution in [0, 0.1) is 6.92 Å². The average Bonchev–Trinajstić information content (AvgIpc) is 2.67. The molecule has 3 rings (SSSR count). The van der Waals surface area contributed by atoms with E-state index in [0.29, 0.717) is 0 Å². The number of benzene rings is 1. The maximum Gasteiger partial charge on any atom is 0.0689 e. The summed E-state index contributed by atoms with van der Waals surface area (Å²) >= 11 is 6.31. The smallest absolute Gasteiger partial charge is 0.0689 e. The molecule has 2 aromatic rings.